The van der Waals surface area contributed by atoms with Gasteiger partial charge in [-0.05, 0) is 55.7 Å². The number of ether oxygens (including phenoxy) is 1. The van der Waals surface area contributed by atoms with Crippen molar-refractivity contribution in [3.8, 4) is 0 Å². The summed E-state index contributed by atoms with van der Waals surface area (Å²) in [5.41, 5.74) is 2.16. The fourth-order valence-electron chi connectivity index (χ4n) is 4.00. The van der Waals surface area contributed by atoms with E-state index in [0.717, 1.165) is 51.1 Å². The van der Waals surface area contributed by atoms with E-state index in [-0.39, 0.29) is 23.3 Å². The minimum absolute atomic E-state index is 0.0334. The van der Waals surface area contributed by atoms with E-state index in [1.165, 1.54) is 6.42 Å². The van der Waals surface area contributed by atoms with Gasteiger partial charge in [-0.3, -0.25) is 9.59 Å². The lowest BCUT2D eigenvalue weighted by Crippen LogP contribution is -2.35. The zero-order chi connectivity index (χ0) is 20.9. The number of anilines is 2. The van der Waals surface area contributed by atoms with Crippen LogP contribution in [-0.2, 0) is 9.53 Å². The summed E-state index contributed by atoms with van der Waals surface area (Å²) in [6, 6.07) is 5.69. The van der Waals surface area contributed by atoms with Gasteiger partial charge in [0.15, 0.2) is 0 Å². The molecule has 0 bridgehead atoms. The van der Waals surface area contributed by atoms with Crippen LogP contribution in [0.25, 0.3) is 0 Å². The van der Waals surface area contributed by atoms with Crippen LogP contribution in [0.5, 0.6) is 0 Å². The summed E-state index contributed by atoms with van der Waals surface area (Å²) in [6.45, 7) is 9.33. The molecule has 6 nitrogen and oxygen atoms in total. The Morgan fingerprint density at radius 1 is 1.14 bits per heavy atom. The Labute approximate surface area is 174 Å². The number of carbonyl (C=O) groups is 2. The number of hydrogen-bond acceptors (Lipinski definition) is 4. The van der Waals surface area contributed by atoms with Gasteiger partial charge in [-0.15, -0.1) is 0 Å². The van der Waals surface area contributed by atoms with Crippen molar-refractivity contribution < 1.29 is 14.3 Å². The maximum atomic E-state index is 13.0. The monoisotopic (exact) mass is 401 g/mol. The van der Waals surface area contributed by atoms with Crippen molar-refractivity contribution in [1.29, 1.82) is 0 Å². The molecule has 1 atom stereocenters. The maximum absolute atomic E-state index is 13.0. The maximum Gasteiger partial charge on any atom is 0.253 e. The molecule has 1 unspecified atom stereocenters. The summed E-state index contributed by atoms with van der Waals surface area (Å²) in [4.78, 5) is 27.7. The second-order valence-electron chi connectivity index (χ2n) is 9.41. The van der Waals surface area contributed by atoms with Crippen molar-refractivity contribution in [2.75, 3.05) is 36.5 Å². The number of piperidine rings is 1. The van der Waals surface area contributed by atoms with Crippen LogP contribution in [0.2, 0.25) is 0 Å². The highest BCUT2D eigenvalue weighted by Gasteiger charge is 2.22. The Morgan fingerprint density at radius 3 is 2.55 bits per heavy atom. The Morgan fingerprint density at radius 2 is 1.90 bits per heavy atom. The fraction of sp³-hybridized carbons (Fsp3) is 0.652. The Balaban J connectivity index is 1.76. The molecule has 29 heavy (non-hydrogen) atoms. The summed E-state index contributed by atoms with van der Waals surface area (Å²) >= 11 is 0. The number of nitrogens with one attached hydrogen (secondary N) is 2. The van der Waals surface area contributed by atoms with Crippen LogP contribution in [0.4, 0.5) is 11.4 Å². The summed E-state index contributed by atoms with van der Waals surface area (Å²) in [5.74, 6) is -0.137. The molecule has 2 aliphatic rings. The van der Waals surface area contributed by atoms with E-state index in [2.05, 4.69) is 15.5 Å². The van der Waals surface area contributed by atoms with Crippen LogP contribution in [0, 0.1) is 5.41 Å². The minimum Gasteiger partial charge on any atom is -0.376 e. The molecule has 0 radical (unpaired) electrons. The first-order valence-electron chi connectivity index (χ1n) is 10.9. The molecule has 2 amide bonds. The molecule has 160 valence electrons. The van der Waals surface area contributed by atoms with E-state index in [0.29, 0.717) is 24.2 Å². The number of nitrogens with zero attached hydrogens (tertiary/aromatic N) is 1. The topological polar surface area (TPSA) is 70.7 Å². The van der Waals surface area contributed by atoms with E-state index in [1.807, 2.05) is 39.0 Å². The third kappa shape index (κ3) is 6.46. The lowest BCUT2D eigenvalue weighted by molar-refractivity contribution is -0.117. The van der Waals surface area contributed by atoms with Crippen molar-refractivity contribution in [3.05, 3.63) is 23.8 Å². The molecule has 3 rings (SSSR count). The molecule has 2 fully saturated rings. The number of carbonyl (C=O) groups excluding carboxylic acids is 2. The van der Waals surface area contributed by atoms with E-state index >= 15 is 0 Å². The average molecular weight is 402 g/mol. The summed E-state index contributed by atoms with van der Waals surface area (Å²) in [7, 11) is 0. The van der Waals surface area contributed by atoms with Gasteiger partial charge in [-0.25, -0.2) is 0 Å². The molecule has 0 spiro atoms. The molecule has 2 aliphatic heterocycles. The van der Waals surface area contributed by atoms with Gasteiger partial charge in [0.1, 0.15) is 0 Å². The standard InChI is InChI=1S/C23H35N3O3/c1-23(2,3)15-21(27)25-17-9-10-20(26-11-5-4-6-12-26)19(14-17)22(28)24-16-18-8-7-13-29-18/h9-10,14,18H,4-8,11-13,15-16H2,1-3H3,(H,24,28)(H,25,27). The molecule has 0 saturated carbocycles. The van der Waals surface area contributed by atoms with E-state index in [9.17, 15) is 9.59 Å². The van der Waals surface area contributed by atoms with Gasteiger partial charge < -0.3 is 20.3 Å². The third-order valence-corrected chi connectivity index (χ3v) is 5.43. The fourth-order valence-corrected chi connectivity index (χ4v) is 4.00. The van der Waals surface area contributed by atoms with Crippen LogP contribution in [0.3, 0.4) is 0 Å². The molecular weight excluding hydrogens is 366 g/mol. The predicted molar refractivity (Wildman–Crippen MR) is 117 cm³/mol. The number of amides is 2. The largest absolute Gasteiger partial charge is 0.376 e. The van der Waals surface area contributed by atoms with Gasteiger partial charge in [0.2, 0.25) is 5.91 Å². The summed E-state index contributed by atoms with van der Waals surface area (Å²) in [6.07, 6.45) is 6.09. The Hall–Kier alpha value is -2.08. The van der Waals surface area contributed by atoms with Crippen LogP contribution in [0.1, 0.15) is 69.7 Å². The third-order valence-electron chi connectivity index (χ3n) is 5.43. The van der Waals surface area contributed by atoms with Crippen molar-refractivity contribution in [3.63, 3.8) is 0 Å². The molecule has 0 aromatic heterocycles. The van der Waals surface area contributed by atoms with Crippen molar-refractivity contribution in [2.45, 2.75) is 65.4 Å². The second-order valence-corrected chi connectivity index (χ2v) is 9.41. The number of rotatable bonds is 6. The quantitative estimate of drug-likeness (QED) is 0.757. The van der Waals surface area contributed by atoms with E-state index in [4.69, 9.17) is 4.74 Å². The first-order valence-corrected chi connectivity index (χ1v) is 10.9. The zero-order valence-electron chi connectivity index (χ0n) is 18.1. The lowest BCUT2D eigenvalue weighted by atomic mass is 9.92. The normalized spacial score (nSPS) is 19.8. The zero-order valence-corrected chi connectivity index (χ0v) is 18.1. The van der Waals surface area contributed by atoms with Crippen LogP contribution >= 0.6 is 0 Å². The first-order chi connectivity index (χ1) is 13.8. The smallest absolute Gasteiger partial charge is 0.253 e. The van der Waals surface area contributed by atoms with Crippen molar-refractivity contribution in [1.82, 2.24) is 5.32 Å². The minimum atomic E-state index is -0.104. The number of benzene rings is 1. The molecule has 1 aromatic carbocycles. The van der Waals surface area contributed by atoms with Gasteiger partial charge >= 0.3 is 0 Å². The van der Waals surface area contributed by atoms with Crippen molar-refractivity contribution >= 4 is 23.2 Å². The molecule has 1 aromatic rings. The highest BCUT2D eigenvalue weighted by molar-refractivity contribution is 6.02. The first kappa shape index (κ1) is 21.6. The van der Waals surface area contributed by atoms with E-state index < -0.39 is 0 Å². The van der Waals surface area contributed by atoms with E-state index in [1.54, 1.807) is 0 Å². The number of hydrogen-bond donors (Lipinski definition) is 2. The molecule has 2 saturated heterocycles. The van der Waals surface area contributed by atoms with Gasteiger partial charge in [-0.1, -0.05) is 20.8 Å². The highest BCUT2D eigenvalue weighted by Crippen LogP contribution is 2.28. The molecule has 0 aliphatic carbocycles. The van der Waals surface area contributed by atoms with Crippen LogP contribution in [-0.4, -0.2) is 44.2 Å². The average Bonchev–Trinajstić information content (AvgIpc) is 3.19. The molecule has 2 heterocycles. The Bertz CT molecular complexity index is 715. The van der Waals surface area contributed by atoms with Gasteiger partial charge in [-0.2, -0.15) is 0 Å². The molecule has 6 heteroatoms. The second kappa shape index (κ2) is 9.61. The predicted octanol–water partition coefficient (Wildman–Crippen LogP) is 3.96. The lowest BCUT2D eigenvalue weighted by Gasteiger charge is -2.30. The van der Waals surface area contributed by atoms with Gasteiger partial charge in [0, 0.05) is 44.0 Å². The Kier molecular flexibility index (Phi) is 7.17. The van der Waals surface area contributed by atoms with Gasteiger partial charge in [0.05, 0.1) is 11.7 Å². The summed E-state index contributed by atoms with van der Waals surface area (Å²) < 4.78 is 5.63. The highest BCUT2D eigenvalue weighted by atomic mass is 16.5. The van der Waals surface area contributed by atoms with Crippen molar-refractivity contribution in [2.24, 2.45) is 5.41 Å². The summed E-state index contributed by atoms with van der Waals surface area (Å²) in [5, 5.41) is 5.99. The van der Waals surface area contributed by atoms with Crippen LogP contribution < -0.4 is 15.5 Å². The van der Waals surface area contributed by atoms with Crippen LogP contribution in [0.15, 0.2) is 18.2 Å². The SMILES string of the molecule is CC(C)(C)CC(=O)Nc1ccc(N2CCCCC2)c(C(=O)NCC2CCCO2)c1. The molecule has 2 N–H and O–H groups in total. The van der Waals surface area contributed by atoms with Gasteiger partial charge in [0.25, 0.3) is 5.91 Å². The molecular formula is C23H35N3O3.